The van der Waals surface area contributed by atoms with Gasteiger partial charge in [0.1, 0.15) is 23.7 Å². The van der Waals surface area contributed by atoms with Gasteiger partial charge in [0.2, 0.25) is 0 Å². The minimum Gasteiger partial charge on any atom is -0.428 e. The van der Waals surface area contributed by atoms with Gasteiger partial charge < -0.3 is 20.5 Å². The molecule has 1 heterocycles. The quantitative estimate of drug-likeness (QED) is 0.261. The smallest absolute Gasteiger partial charge is 0.428 e. The maximum Gasteiger partial charge on any atom is 0.461 e. The van der Waals surface area contributed by atoms with Crippen LogP contribution in [0, 0.1) is 5.82 Å². The van der Waals surface area contributed by atoms with Crippen molar-refractivity contribution in [2.24, 2.45) is 0 Å². The molecule has 0 aliphatic heterocycles. The summed E-state index contributed by atoms with van der Waals surface area (Å²) >= 11 is 5.94. The predicted octanol–water partition coefficient (Wildman–Crippen LogP) is 5.52. The van der Waals surface area contributed by atoms with E-state index < -0.39 is 54.7 Å². The van der Waals surface area contributed by atoms with Gasteiger partial charge in [0.15, 0.2) is 0 Å². The number of carbonyl (C=O) groups excluding carboxylic acids is 1. The third-order valence-corrected chi connectivity index (χ3v) is 5.64. The zero-order chi connectivity index (χ0) is 28.8. The normalized spacial score (nSPS) is 13.6. The second kappa shape index (κ2) is 12.1. The highest BCUT2D eigenvalue weighted by Crippen LogP contribution is 2.37. The van der Waals surface area contributed by atoms with Crippen molar-refractivity contribution in [2.75, 3.05) is 13.2 Å². The number of nitrogens with one attached hydrogen (secondary N) is 2. The van der Waals surface area contributed by atoms with Gasteiger partial charge in [-0.25, -0.2) is 18.0 Å². The molecule has 14 heteroatoms. The largest absolute Gasteiger partial charge is 0.461 e. The molecule has 0 fully saturated rings. The molecule has 210 valence electrons. The van der Waals surface area contributed by atoms with Crippen molar-refractivity contribution >= 4 is 17.6 Å². The van der Waals surface area contributed by atoms with Crippen LogP contribution in [0.3, 0.4) is 0 Å². The van der Waals surface area contributed by atoms with E-state index in [-0.39, 0.29) is 22.7 Å². The van der Waals surface area contributed by atoms with E-state index in [0.717, 1.165) is 18.3 Å². The molecule has 0 radical (unpaired) electrons. The molecule has 1 atom stereocenters. The third-order valence-electron chi connectivity index (χ3n) is 5.41. The fourth-order valence-corrected chi connectivity index (χ4v) is 3.74. The predicted molar refractivity (Wildman–Crippen MR) is 127 cm³/mol. The van der Waals surface area contributed by atoms with Gasteiger partial charge in [0.05, 0.1) is 17.3 Å². The summed E-state index contributed by atoms with van der Waals surface area (Å²) in [5, 5.41) is 13.3. The highest BCUT2D eigenvalue weighted by molar-refractivity contribution is 6.30. The van der Waals surface area contributed by atoms with Crippen molar-refractivity contribution in [1.29, 1.82) is 0 Å². The number of halogens is 8. The SMILES string of the molecule is O=C(NCC(F)(F)CO)N[C@@](Cc1ccccc1)(c1cc(F)cc(OC(F)(F)C(F)F)c1)c1ccc(Cl)cn1. The van der Waals surface area contributed by atoms with Gasteiger partial charge >= 0.3 is 18.6 Å². The molecule has 0 aliphatic rings. The number of alkyl halides is 6. The Morgan fingerprint density at radius 2 is 1.74 bits per heavy atom. The minimum absolute atomic E-state index is 0.0445. The Labute approximate surface area is 222 Å². The standard InChI is InChI=1S/C25H21ClF7N3O3/c26-17-6-7-20(34-12-17)24(11-15-4-2-1-3-5-15,36-22(38)35-13-23(30,31)14-37)16-8-18(27)10-19(9-16)39-25(32,33)21(28)29/h1-10,12,21,37H,11,13-14H2,(H2,35,36,38)/t24-/m0/s1. The van der Waals surface area contributed by atoms with E-state index in [9.17, 15) is 35.5 Å². The molecule has 0 spiro atoms. The summed E-state index contributed by atoms with van der Waals surface area (Å²) in [7, 11) is 0. The molecule has 0 unspecified atom stereocenters. The summed E-state index contributed by atoms with van der Waals surface area (Å²) in [5.41, 5.74) is -1.83. The Morgan fingerprint density at radius 3 is 2.33 bits per heavy atom. The van der Waals surface area contributed by atoms with Crippen LogP contribution in [0.5, 0.6) is 5.75 Å². The Morgan fingerprint density at radius 1 is 1.05 bits per heavy atom. The molecular formula is C25H21ClF7N3O3. The first-order chi connectivity index (χ1) is 18.3. The number of aliphatic hydroxyl groups is 1. The average Bonchev–Trinajstić information content (AvgIpc) is 2.87. The van der Waals surface area contributed by atoms with Gasteiger partial charge in [0, 0.05) is 18.7 Å². The second-order valence-corrected chi connectivity index (χ2v) is 8.83. The zero-order valence-corrected chi connectivity index (χ0v) is 20.5. The number of nitrogens with zero attached hydrogens (tertiary/aromatic N) is 1. The Bertz CT molecular complexity index is 1270. The first-order valence-corrected chi connectivity index (χ1v) is 11.5. The number of ether oxygens (including phenoxy) is 1. The van der Waals surface area contributed by atoms with Crippen LogP contribution in [-0.2, 0) is 12.0 Å². The number of carbonyl (C=O) groups is 1. The maximum atomic E-state index is 14.7. The molecule has 3 N–H and O–H groups in total. The van der Waals surface area contributed by atoms with Gasteiger partial charge in [-0.3, -0.25) is 4.98 Å². The number of aliphatic hydroxyl groups excluding tert-OH is 1. The molecule has 1 aromatic heterocycles. The van der Waals surface area contributed by atoms with E-state index in [1.165, 1.54) is 12.1 Å². The summed E-state index contributed by atoms with van der Waals surface area (Å²) in [6, 6.07) is 11.6. The highest BCUT2D eigenvalue weighted by Gasteiger charge is 2.45. The Balaban J connectivity index is 2.20. The molecule has 2 aromatic carbocycles. The molecule has 3 rings (SSSR count). The molecule has 0 saturated heterocycles. The summed E-state index contributed by atoms with van der Waals surface area (Å²) in [5.74, 6) is -5.89. The molecule has 3 aromatic rings. The number of benzene rings is 2. The van der Waals surface area contributed by atoms with Crippen molar-refractivity contribution in [1.82, 2.24) is 15.6 Å². The monoisotopic (exact) mass is 579 g/mol. The summed E-state index contributed by atoms with van der Waals surface area (Å²) in [4.78, 5) is 17.0. The van der Waals surface area contributed by atoms with E-state index >= 15 is 0 Å². The Kier molecular flexibility index (Phi) is 9.28. The van der Waals surface area contributed by atoms with Crippen LogP contribution >= 0.6 is 11.6 Å². The van der Waals surface area contributed by atoms with Crippen LogP contribution in [0.1, 0.15) is 16.8 Å². The van der Waals surface area contributed by atoms with Crippen molar-refractivity contribution in [3.05, 3.63) is 94.5 Å². The summed E-state index contributed by atoms with van der Waals surface area (Å²) in [6.07, 6.45) is -8.31. The maximum absolute atomic E-state index is 14.7. The summed E-state index contributed by atoms with van der Waals surface area (Å²) in [6.45, 7) is -2.85. The first kappa shape index (κ1) is 30.0. The molecule has 2 amide bonds. The number of urea groups is 1. The van der Waals surface area contributed by atoms with E-state index in [0.29, 0.717) is 11.6 Å². The fourth-order valence-electron chi connectivity index (χ4n) is 3.62. The number of rotatable bonds is 11. The van der Waals surface area contributed by atoms with Crippen molar-refractivity contribution < 1.29 is 45.4 Å². The number of aromatic nitrogens is 1. The lowest BCUT2D eigenvalue weighted by Gasteiger charge is -2.36. The number of hydrogen-bond acceptors (Lipinski definition) is 4. The highest BCUT2D eigenvalue weighted by atomic mass is 35.5. The van der Waals surface area contributed by atoms with Gasteiger partial charge in [-0.2, -0.15) is 17.6 Å². The van der Waals surface area contributed by atoms with Gasteiger partial charge in [-0.15, -0.1) is 0 Å². The molecule has 39 heavy (non-hydrogen) atoms. The van der Waals surface area contributed by atoms with Crippen LogP contribution in [0.4, 0.5) is 35.5 Å². The Hall–Kier alpha value is -3.58. The minimum atomic E-state index is -4.98. The van der Waals surface area contributed by atoms with E-state index in [1.807, 2.05) is 5.32 Å². The van der Waals surface area contributed by atoms with Crippen LogP contribution in [0.25, 0.3) is 0 Å². The van der Waals surface area contributed by atoms with Crippen LogP contribution in [0.15, 0.2) is 66.9 Å². The van der Waals surface area contributed by atoms with Crippen LogP contribution < -0.4 is 15.4 Å². The van der Waals surface area contributed by atoms with Gasteiger partial charge in [-0.05, 0) is 35.4 Å². The third kappa shape index (κ3) is 7.73. The van der Waals surface area contributed by atoms with Crippen molar-refractivity contribution in [3.8, 4) is 5.75 Å². The average molecular weight is 580 g/mol. The lowest BCUT2D eigenvalue weighted by Crippen LogP contribution is -2.54. The zero-order valence-electron chi connectivity index (χ0n) is 19.8. The lowest BCUT2D eigenvalue weighted by atomic mass is 9.80. The molecule has 0 aliphatic carbocycles. The van der Waals surface area contributed by atoms with E-state index in [4.69, 9.17) is 16.7 Å². The molecular weight excluding hydrogens is 559 g/mol. The first-order valence-electron chi connectivity index (χ1n) is 11.1. The topological polar surface area (TPSA) is 83.5 Å². The fraction of sp³-hybridized carbons (Fsp3) is 0.280. The van der Waals surface area contributed by atoms with E-state index in [1.54, 1.807) is 30.3 Å². The number of pyridine rings is 1. The molecule has 6 nitrogen and oxygen atoms in total. The number of hydrogen-bond donors (Lipinski definition) is 3. The van der Waals surface area contributed by atoms with Crippen LogP contribution in [0.2, 0.25) is 5.02 Å². The van der Waals surface area contributed by atoms with Gasteiger partial charge in [0.25, 0.3) is 5.92 Å². The second-order valence-electron chi connectivity index (χ2n) is 8.39. The van der Waals surface area contributed by atoms with Crippen LogP contribution in [-0.4, -0.2) is 47.7 Å². The van der Waals surface area contributed by atoms with Gasteiger partial charge in [-0.1, -0.05) is 41.9 Å². The number of amides is 2. The summed E-state index contributed by atoms with van der Waals surface area (Å²) < 4.78 is 98.9. The molecule has 0 saturated carbocycles. The lowest BCUT2D eigenvalue weighted by molar-refractivity contribution is -0.253. The van der Waals surface area contributed by atoms with Crippen molar-refractivity contribution in [3.63, 3.8) is 0 Å². The van der Waals surface area contributed by atoms with E-state index in [2.05, 4.69) is 15.0 Å². The molecule has 0 bridgehead atoms. The van der Waals surface area contributed by atoms with Crippen molar-refractivity contribution in [2.45, 2.75) is 30.4 Å².